The molecule has 5 nitrogen and oxygen atoms in total. The second kappa shape index (κ2) is 6.48. The van der Waals surface area contributed by atoms with Gasteiger partial charge in [-0.25, -0.2) is 8.42 Å². The third-order valence-corrected chi connectivity index (χ3v) is 4.77. The normalized spacial score (nSPS) is 11.2. The Hall–Kier alpha value is -1.89. The highest BCUT2D eigenvalue weighted by Gasteiger charge is 2.18. The Labute approximate surface area is 134 Å². The van der Waals surface area contributed by atoms with E-state index in [1.807, 2.05) is 6.92 Å². The van der Waals surface area contributed by atoms with Crippen molar-refractivity contribution in [2.24, 2.45) is 0 Å². The lowest BCUT2D eigenvalue weighted by molar-refractivity contribution is 0.0945. The van der Waals surface area contributed by atoms with E-state index < -0.39 is 15.9 Å². The Morgan fingerprint density at radius 3 is 2.41 bits per heavy atom. The van der Waals surface area contributed by atoms with E-state index in [2.05, 4.69) is 10.3 Å². The predicted molar refractivity (Wildman–Crippen MR) is 85.2 cm³/mol. The average molecular weight is 339 g/mol. The highest BCUT2D eigenvalue weighted by Crippen LogP contribution is 2.17. The molecule has 0 saturated carbocycles. The number of carbonyl (C=O) groups is 1. The number of sulfonamides is 1. The van der Waals surface area contributed by atoms with Crippen LogP contribution in [-0.4, -0.2) is 14.3 Å². The van der Waals surface area contributed by atoms with Gasteiger partial charge in [0, 0.05) is 0 Å². The minimum Gasteiger partial charge on any atom is -0.273 e. The molecular weight excluding hydrogens is 324 g/mol. The van der Waals surface area contributed by atoms with E-state index in [9.17, 15) is 13.2 Å². The number of halogens is 1. The number of hydrogen-bond donors (Lipinski definition) is 2. The summed E-state index contributed by atoms with van der Waals surface area (Å²) in [4.78, 5) is 14.1. The molecule has 0 heterocycles. The molecule has 1 amide bonds. The Morgan fingerprint density at radius 2 is 1.77 bits per heavy atom. The summed E-state index contributed by atoms with van der Waals surface area (Å²) < 4.78 is 24.5. The van der Waals surface area contributed by atoms with Gasteiger partial charge in [0.15, 0.2) is 0 Å². The molecule has 7 heteroatoms. The number of hydrazine groups is 1. The molecule has 0 radical (unpaired) electrons. The van der Waals surface area contributed by atoms with Gasteiger partial charge in [-0.2, -0.15) is 0 Å². The van der Waals surface area contributed by atoms with Gasteiger partial charge in [-0.1, -0.05) is 41.4 Å². The number of rotatable bonds is 4. The van der Waals surface area contributed by atoms with E-state index in [-0.39, 0.29) is 15.5 Å². The molecule has 0 fully saturated rings. The van der Waals surface area contributed by atoms with Crippen molar-refractivity contribution in [2.75, 3.05) is 0 Å². The molecule has 0 saturated heterocycles. The van der Waals surface area contributed by atoms with Gasteiger partial charge in [-0.05, 0) is 37.6 Å². The summed E-state index contributed by atoms with van der Waals surface area (Å²) in [5.41, 5.74) is 3.90. The zero-order valence-electron chi connectivity index (χ0n) is 12.1. The van der Waals surface area contributed by atoms with Crippen LogP contribution in [0, 0.1) is 13.8 Å². The second-order valence-electron chi connectivity index (χ2n) is 4.81. The standard InChI is InChI=1S/C15H15ClN2O3S/c1-10-7-8-14(11(2)9-10)22(20,21)18-17-15(19)12-5-3-4-6-13(12)16/h3-9,18H,1-2H3,(H,17,19). The maximum Gasteiger partial charge on any atom is 0.267 e. The molecule has 2 aromatic rings. The maximum absolute atomic E-state index is 12.2. The first-order chi connectivity index (χ1) is 10.3. The number of nitrogens with one attached hydrogen (secondary N) is 2. The number of aryl methyl sites for hydroxylation is 2. The second-order valence-corrected chi connectivity index (χ2v) is 6.87. The van der Waals surface area contributed by atoms with E-state index in [4.69, 9.17) is 11.6 Å². The summed E-state index contributed by atoms with van der Waals surface area (Å²) in [6.45, 7) is 3.56. The van der Waals surface area contributed by atoms with Crippen molar-refractivity contribution in [3.63, 3.8) is 0 Å². The van der Waals surface area contributed by atoms with Crippen molar-refractivity contribution >= 4 is 27.5 Å². The molecule has 0 spiro atoms. The summed E-state index contributed by atoms with van der Waals surface area (Å²) in [6.07, 6.45) is 0. The van der Waals surface area contributed by atoms with Crippen LogP contribution >= 0.6 is 11.6 Å². The molecule has 116 valence electrons. The fourth-order valence-electron chi connectivity index (χ4n) is 1.98. The van der Waals surface area contributed by atoms with Crippen molar-refractivity contribution in [2.45, 2.75) is 18.7 Å². The zero-order chi connectivity index (χ0) is 16.3. The Kier molecular flexibility index (Phi) is 4.85. The van der Waals surface area contributed by atoms with Crippen LogP contribution in [0.15, 0.2) is 47.4 Å². The van der Waals surface area contributed by atoms with Crippen LogP contribution < -0.4 is 10.3 Å². The summed E-state index contributed by atoms with van der Waals surface area (Å²) in [7, 11) is -3.85. The first-order valence-electron chi connectivity index (χ1n) is 6.45. The molecule has 0 aliphatic heterocycles. The highest BCUT2D eigenvalue weighted by molar-refractivity contribution is 7.89. The monoisotopic (exact) mass is 338 g/mol. The molecule has 0 aliphatic rings. The Bertz CT molecular complexity index is 819. The third kappa shape index (κ3) is 3.65. The largest absolute Gasteiger partial charge is 0.273 e. The fourth-order valence-corrected chi connectivity index (χ4v) is 3.27. The lowest BCUT2D eigenvalue weighted by atomic mass is 10.2. The smallest absolute Gasteiger partial charge is 0.267 e. The summed E-state index contributed by atoms with van der Waals surface area (Å²) in [5.74, 6) is -0.626. The van der Waals surface area contributed by atoms with Crippen LogP contribution in [0.2, 0.25) is 5.02 Å². The van der Waals surface area contributed by atoms with Crippen molar-refractivity contribution in [1.82, 2.24) is 10.3 Å². The topological polar surface area (TPSA) is 75.3 Å². The number of benzene rings is 2. The maximum atomic E-state index is 12.2. The first kappa shape index (κ1) is 16.5. The van der Waals surface area contributed by atoms with E-state index in [0.29, 0.717) is 5.56 Å². The quantitative estimate of drug-likeness (QED) is 0.841. The minimum absolute atomic E-state index is 0.109. The Balaban J connectivity index is 2.17. The van der Waals surface area contributed by atoms with E-state index in [1.54, 1.807) is 37.3 Å². The third-order valence-electron chi connectivity index (χ3n) is 3.04. The average Bonchev–Trinajstić information content (AvgIpc) is 2.45. The fraction of sp³-hybridized carbons (Fsp3) is 0.133. The van der Waals surface area contributed by atoms with Gasteiger partial charge in [0.25, 0.3) is 15.9 Å². The lowest BCUT2D eigenvalue weighted by Gasteiger charge is -2.11. The van der Waals surface area contributed by atoms with E-state index in [1.165, 1.54) is 12.1 Å². The molecule has 0 bridgehead atoms. The molecule has 2 rings (SSSR count). The SMILES string of the molecule is Cc1ccc(S(=O)(=O)NNC(=O)c2ccccc2Cl)c(C)c1. The van der Waals surface area contributed by atoms with Gasteiger partial charge in [0.1, 0.15) is 0 Å². The highest BCUT2D eigenvalue weighted by atomic mass is 35.5. The number of amides is 1. The number of carbonyl (C=O) groups excluding carboxylic acids is 1. The molecule has 22 heavy (non-hydrogen) atoms. The van der Waals surface area contributed by atoms with Crippen LogP contribution in [0.1, 0.15) is 21.5 Å². The molecule has 0 atom stereocenters. The van der Waals surface area contributed by atoms with E-state index >= 15 is 0 Å². The minimum atomic E-state index is -3.85. The summed E-state index contributed by atoms with van der Waals surface area (Å²) in [5, 5.41) is 0.241. The van der Waals surface area contributed by atoms with Crippen LogP contribution in [-0.2, 0) is 10.0 Å². The van der Waals surface area contributed by atoms with Crippen LogP contribution in [0.25, 0.3) is 0 Å². The van der Waals surface area contributed by atoms with Gasteiger partial charge < -0.3 is 0 Å². The van der Waals surface area contributed by atoms with Gasteiger partial charge in [0.2, 0.25) is 0 Å². The van der Waals surface area contributed by atoms with Crippen molar-refractivity contribution in [1.29, 1.82) is 0 Å². The van der Waals surface area contributed by atoms with Crippen molar-refractivity contribution in [3.8, 4) is 0 Å². The van der Waals surface area contributed by atoms with Gasteiger partial charge in [0.05, 0.1) is 15.5 Å². The molecule has 2 aromatic carbocycles. The van der Waals surface area contributed by atoms with Gasteiger partial charge in [-0.3, -0.25) is 10.2 Å². The van der Waals surface area contributed by atoms with Gasteiger partial charge in [-0.15, -0.1) is 4.83 Å². The molecular formula is C15H15ClN2O3S. The first-order valence-corrected chi connectivity index (χ1v) is 8.31. The van der Waals surface area contributed by atoms with Crippen molar-refractivity contribution in [3.05, 3.63) is 64.2 Å². The van der Waals surface area contributed by atoms with Gasteiger partial charge >= 0.3 is 0 Å². The zero-order valence-corrected chi connectivity index (χ0v) is 13.6. The molecule has 0 aliphatic carbocycles. The van der Waals surface area contributed by atoms with E-state index in [0.717, 1.165) is 5.56 Å². The molecule has 0 unspecified atom stereocenters. The van der Waals surface area contributed by atoms with Crippen LogP contribution in [0.4, 0.5) is 0 Å². The summed E-state index contributed by atoms with van der Waals surface area (Å²) >= 11 is 5.89. The molecule has 0 aromatic heterocycles. The molecule has 2 N–H and O–H groups in total. The van der Waals surface area contributed by atoms with Crippen LogP contribution in [0.5, 0.6) is 0 Å². The number of hydrogen-bond acceptors (Lipinski definition) is 3. The Morgan fingerprint density at radius 1 is 1.09 bits per heavy atom. The predicted octanol–water partition coefficient (Wildman–Crippen LogP) is 2.58. The lowest BCUT2D eigenvalue weighted by Crippen LogP contribution is -2.41. The van der Waals surface area contributed by atoms with Crippen LogP contribution in [0.3, 0.4) is 0 Å². The summed E-state index contributed by atoms with van der Waals surface area (Å²) in [6, 6.07) is 11.3. The van der Waals surface area contributed by atoms with Crippen molar-refractivity contribution < 1.29 is 13.2 Å².